The van der Waals surface area contributed by atoms with E-state index in [0.29, 0.717) is 0 Å². The third-order valence-corrected chi connectivity index (χ3v) is 3.30. The van der Waals surface area contributed by atoms with E-state index in [-0.39, 0.29) is 0 Å². The summed E-state index contributed by atoms with van der Waals surface area (Å²) in [5, 5.41) is 2.05. The molecule has 2 heterocycles. The van der Waals surface area contributed by atoms with Crippen molar-refractivity contribution in [3.8, 4) is 10.7 Å². The summed E-state index contributed by atoms with van der Waals surface area (Å²) < 4.78 is 2.10. The maximum absolute atomic E-state index is 5.65. The monoisotopic (exact) mass is 238 g/mol. The van der Waals surface area contributed by atoms with Crippen LogP contribution in [0, 0.1) is 0 Å². The van der Waals surface area contributed by atoms with Gasteiger partial charge in [0.25, 0.3) is 0 Å². The Hall–Kier alpha value is -1.06. The van der Waals surface area contributed by atoms with Crippen LogP contribution >= 0.6 is 22.9 Å². The van der Waals surface area contributed by atoms with Crippen molar-refractivity contribution >= 4 is 22.9 Å². The predicted octanol–water partition coefficient (Wildman–Crippen LogP) is 3.75. The number of allylic oxidation sites excluding steroid dienone is 1. The molecule has 2 aromatic rings. The van der Waals surface area contributed by atoms with Gasteiger partial charge in [-0.15, -0.1) is 11.3 Å². The Kier molecular flexibility index (Phi) is 3.23. The lowest BCUT2D eigenvalue weighted by Crippen LogP contribution is -1.99. The highest BCUT2D eigenvalue weighted by Gasteiger charge is 2.06. The quantitative estimate of drug-likeness (QED) is 0.796. The average Bonchev–Trinajstić information content (AvgIpc) is 2.86. The first kappa shape index (κ1) is 10.5. The lowest BCUT2D eigenvalue weighted by Gasteiger charge is -2.05. The molecule has 2 rings (SSSR count). The summed E-state index contributed by atoms with van der Waals surface area (Å²) in [6.07, 6.45) is 3.79. The van der Waals surface area contributed by atoms with Gasteiger partial charge < -0.3 is 4.57 Å². The molecule has 4 heteroatoms. The van der Waals surface area contributed by atoms with Crippen LogP contribution in [0.1, 0.15) is 6.92 Å². The molecule has 0 N–H and O–H groups in total. The first-order valence-corrected chi connectivity index (χ1v) is 5.93. The molecule has 0 bridgehead atoms. The van der Waals surface area contributed by atoms with Crippen molar-refractivity contribution in [2.75, 3.05) is 0 Å². The van der Waals surface area contributed by atoms with Gasteiger partial charge in [-0.05, 0) is 23.9 Å². The van der Waals surface area contributed by atoms with E-state index in [9.17, 15) is 0 Å². The van der Waals surface area contributed by atoms with E-state index in [0.717, 1.165) is 17.9 Å². The summed E-state index contributed by atoms with van der Waals surface area (Å²) in [7, 11) is 0. The van der Waals surface area contributed by atoms with Gasteiger partial charge in [0.15, 0.2) is 0 Å². The fourth-order valence-electron chi connectivity index (χ4n) is 1.37. The molecule has 0 fully saturated rings. The number of rotatable bonds is 3. The van der Waals surface area contributed by atoms with Gasteiger partial charge in [0, 0.05) is 24.5 Å². The van der Waals surface area contributed by atoms with E-state index in [1.54, 1.807) is 16.9 Å². The van der Waals surface area contributed by atoms with Crippen LogP contribution in [0.4, 0.5) is 0 Å². The molecule has 2 nitrogen and oxygen atoms in total. The highest BCUT2D eigenvalue weighted by atomic mass is 35.5. The molecule has 0 atom stereocenters. The standard InChI is InChI=1S/C11H11ClN2S/c1-9(7-12)8-14-5-4-13-11(14)10-3-2-6-15-10/h2-7H,8H2,1H3/b9-7-. The lowest BCUT2D eigenvalue weighted by atomic mass is 10.3. The van der Waals surface area contributed by atoms with E-state index in [1.165, 1.54) is 4.88 Å². The second-order valence-corrected chi connectivity index (χ2v) is 4.48. The molecule has 0 aliphatic heterocycles. The van der Waals surface area contributed by atoms with Gasteiger partial charge in [0.05, 0.1) is 4.88 Å². The molecule has 0 spiro atoms. The van der Waals surface area contributed by atoms with Gasteiger partial charge in [0.1, 0.15) is 5.82 Å². The van der Waals surface area contributed by atoms with Crippen molar-refractivity contribution in [2.45, 2.75) is 13.5 Å². The first-order chi connectivity index (χ1) is 7.31. The maximum atomic E-state index is 5.65. The Balaban J connectivity index is 2.31. The van der Waals surface area contributed by atoms with Crippen molar-refractivity contribution in [3.63, 3.8) is 0 Å². The molecule has 0 aliphatic carbocycles. The predicted molar refractivity (Wildman–Crippen MR) is 65.2 cm³/mol. The molecule has 2 aromatic heterocycles. The fraction of sp³-hybridized carbons (Fsp3) is 0.182. The van der Waals surface area contributed by atoms with Gasteiger partial charge in [0.2, 0.25) is 0 Å². The minimum Gasteiger partial charge on any atom is -0.326 e. The summed E-state index contributed by atoms with van der Waals surface area (Å²) >= 11 is 7.35. The molecule has 0 radical (unpaired) electrons. The zero-order chi connectivity index (χ0) is 10.7. The van der Waals surface area contributed by atoms with Crippen LogP contribution in [-0.4, -0.2) is 9.55 Å². The highest BCUT2D eigenvalue weighted by molar-refractivity contribution is 7.13. The Bertz CT molecular complexity index is 457. The summed E-state index contributed by atoms with van der Waals surface area (Å²) in [5.41, 5.74) is 2.73. The Morgan fingerprint density at radius 3 is 3.20 bits per heavy atom. The number of thiophene rings is 1. The number of hydrogen-bond acceptors (Lipinski definition) is 2. The van der Waals surface area contributed by atoms with Crippen LogP contribution in [0.5, 0.6) is 0 Å². The van der Waals surface area contributed by atoms with Crippen LogP contribution in [-0.2, 0) is 6.54 Å². The van der Waals surface area contributed by atoms with E-state index >= 15 is 0 Å². The van der Waals surface area contributed by atoms with Gasteiger partial charge in [-0.1, -0.05) is 17.7 Å². The van der Waals surface area contributed by atoms with Gasteiger partial charge >= 0.3 is 0 Å². The maximum Gasteiger partial charge on any atom is 0.150 e. The van der Waals surface area contributed by atoms with E-state index in [1.807, 2.05) is 25.4 Å². The second-order valence-electron chi connectivity index (χ2n) is 3.31. The number of imidazole rings is 1. The third-order valence-electron chi connectivity index (χ3n) is 2.06. The largest absolute Gasteiger partial charge is 0.326 e. The van der Waals surface area contributed by atoms with Crippen LogP contribution in [0.3, 0.4) is 0 Å². The lowest BCUT2D eigenvalue weighted by molar-refractivity contribution is 0.795. The molecule has 0 unspecified atom stereocenters. The highest BCUT2D eigenvalue weighted by Crippen LogP contribution is 2.23. The van der Waals surface area contributed by atoms with Crippen LogP contribution in [0.2, 0.25) is 0 Å². The Morgan fingerprint density at radius 2 is 2.53 bits per heavy atom. The molecular weight excluding hydrogens is 228 g/mol. The average molecular weight is 239 g/mol. The number of aromatic nitrogens is 2. The molecule has 78 valence electrons. The molecule has 0 saturated carbocycles. The van der Waals surface area contributed by atoms with E-state index in [4.69, 9.17) is 11.6 Å². The molecule has 0 aliphatic rings. The van der Waals surface area contributed by atoms with Crippen molar-refractivity contribution < 1.29 is 0 Å². The number of nitrogens with zero attached hydrogens (tertiary/aromatic N) is 2. The van der Waals surface area contributed by atoms with E-state index in [2.05, 4.69) is 21.0 Å². The van der Waals surface area contributed by atoms with Gasteiger partial charge in [-0.3, -0.25) is 0 Å². The summed E-state index contributed by atoms with van der Waals surface area (Å²) in [4.78, 5) is 5.53. The topological polar surface area (TPSA) is 17.8 Å². The van der Waals surface area contributed by atoms with Crippen LogP contribution in [0.15, 0.2) is 41.0 Å². The van der Waals surface area contributed by atoms with Crippen LogP contribution in [0.25, 0.3) is 10.7 Å². The molecule has 15 heavy (non-hydrogen) atoms. The van der Waals surface area contributed by atoms with E-state index < -0.39 is 0 Å². The fourth-order valence-corrected chi connectivity index (χ4v) is 2.18. The summed E-state index contributed by atoms with van der Waals surface area (Å²) in [6.45, 7) is 2.79. The van der Waals surface area contributed by atoms with Gasteiger partial charge in [-0.2, -0.15) is 0 Å². The Labute approximate surface area is 97.8 Å². The van der Waals surface area contributed by atoms with Crippen molar-refractivity contribution in [2.24, 2.45) is 0 Å². The van der Waals surface area contributed by atoms with Crippen molar-refractivity contribution in [1.82, 2.24) is 9.55 Å². The minimum absolute atomic E-state index is 0.788. The van der Waals surface area contributed by atoms with Crippen LogP contribution < -0.4 is 0 Å². The molecule has 0 amide bonds. The first-order valence-electron chi connectivity index (χ1n) is 4.62. The second kappa shape index (κ2) is 4.64. The van der Waals surface area contributed by atoms with Gasteiger partial charge in [-0.25, -0.2) is 4.98 Å². The third kappa shape index (κ3) is 2.30. The number of halogens is 1. The number of hydrogen-bond donors (Lipinski definition) is 0. The van der Waals surface area contributed by atoms with Crippen molar-refractivity contribution in [3.05, 3.63) is 41.0 Å². The summed E-state index contributed by atoms with van der Waals surface area (Å²) in [6, 6.07) is 4.10. The smallest absolute Gasteiger partial charge is 0.150 e. The zero-order valence-corrected chi connectivity index (χ0v) is 9.92. The SMILES string of the molecule is C/C(=C/Cl)Cn1ccnc1-c1cccs1. The molecule has 0 saturated heterocycles. The minimum atomic E-state index is 0.788. The van der Waals surface area contributed by atoms with Crippen molar-refractivity contribution in [1.29, 1.82) is 0 Å². The molecular formula is C11H11ClN2S. The normalized spacial score (nSPS) is 12.0. The Morgan fingerprint density at radius 1 is 1.67 bits per heavy atom. The summed E-state index contributed by atoms with van der Waals surface area (Å²) in [5.74, 6) is 1.00. The molecule has 0 aromatic carbocycles. The zero-order valence-electron chi connectivity index (χ0n) is 8.35.